The zero-order chi connectivity index (χ0) is 20.1. The molecule has 0 atom stereocenters. The Bertz CT molecular complexity index is 1020. The van der Waals surface area contributed by atoms with Gasteiger partial charge in [-0.25, -0.2) is 4.98 Å². The van der Waals surface area contributed by atoms with E-state index < -0.39 is 0 Å². The van der Waals surface area contributed by atoms with Gasteiger partial charge in [-0.3, -0.25) is 14.2 Å². The van der Waals surface area contributed by atoms with Gasteiger partial charge in [0.05, 0.1) is 29.5 Å². The molecule has 0 N–H and O–H groups in total. The van der Waals surface area contributed by atoms with Crippen molar-refractivity contribution in [3.05, 3.63) is 57.7 Å². The fraction of sp³-hybridized carbons (Fsp3) is 0.350. The number of nitrogens with zero attached hydrogens (tertiary/aromatic N) is 3. The normalized spacial score (nSPS) is 11.1. The zero-order valence-corrected chi connectivity index (χ0v) is 17.4. The topological polar surface area (TPSA) is 68.3 Å². The lowest BCUT2D eigenvalue weighted by molar-refractivity contribution is -0.127. The van der Waals surface area contributed by atoms with Gasteiger partial charge in [0, 0.05) is 18.6 Å². The molecule has 0 aliphatic carbocycles. The van der Waals surface area contributed by atoms with Crippen molar-refractivity contribution in [2.24, 2.45) is 0 Å². The first-order valence-electron chi connectivity index (χ1n) is 9.09. The summed E-state index contributed by atoms with van der Waals surface area (Å²) in [4.78, 5) is 31.8. The van der Waals surface area contributed by atoms with Gasteiger partial charge in [-0.05, 0) is 36.8 Å². The number of aromatic nitrogens is 2. The van der Waals surface area contributed by atoms with Crippen molar-refractivity contribution in [1.82, 2.24) is 14.5 Å². The molecule has 0 radical (unpaired) electrons. The molecule has 148 valence electrons. The van der Waals surface area contributed by atoms with Gasteiger partial charge in [0.25, 0.3) is 5.56 Å². The highest BCUT2D eigenvalue weighted by Crippen LogP contribution is 2.21. The van der Waals surface area contributed by atoms with E-state index in [0.29, 0.717) is 26.8 Å². The molecule has 0 saturated carbocycles. The van der Waals surface area contributed by atoms with Crippen LogP contribution >= 0.6 is 23.4 Å². The summed E-state index contributed by atoms with van der Waals surface area (Å²) in [5.74, 6) is 0.852. The summed E-state index contributed by atoms with van der Waals surface area (Å²) in [6.07, 6.45) is 3.55. The first-order valence-corrected chi connectivity index (χ1v) is 10.4. The van der Waals surface area contributed by atoms with Gasteiger partial charge in [0.15, 0.2) is 5.16 Å². The number of hydrogen-bond donors (Lipinski definition) is 0. The quantitative estimate of drug-likeness (QED) is 0.407. The van der Waals surface area contributed by atoms with Crippen LogP contribution in [0.5, 0.6) is 0 Å². The minimum absolute atomic E-state index is 0.00318. The summed E-state index contributed by atoms with van der Waals surface area (Å²) >= 11 is 7.31. The number of furan rings is 1. The van der Waals surface area contributed by atoms with Crippen LogP contribution in [-0.2, 0) is 11.3 Å². The minimum Gasteiger partial charge on any atom is -0.467 e. The maximum Gasteiger partial charge on any atom is 0.262 e. The third-order valence-electron chi connectivity index (χ3n) is 4.37. The molecule has 1 aromatic carbocycles. The first-order chi connectivity index (χ1) is 13.5. The molecule has 3 rings (SSSR count). The molecule has 8 heteroatoms. The van der Waals surface area contributed by atoms with Crippen LogP contribution < -0.4 is 5.56 Å². The predicted molar refractivity (Wildman–Crippen MR) is 112 cm³/mol. The Hall–Kier alpha value is -2.25. The molecular formula is C20H22ClN3O3S. The Labute approximate surface area is 172 Å². The summed E-state index contributed by atoms with van der Waals surface area (Å²) in [6, 6.07) is 8.58. The Kier molecular flexibility index (Phi) is 6.80. The van der Waals surface area contributed by atoms with E-state index >= 15 is 0 Å². The van der Waals surface area contributed by atoms with Gasteiger partial charge in [0.2, 0.25) is 5.91 Å². The molecular weight excluding hydrogens is 398 g/mol. The van der Waals surface area contributed by atoms with Crippen molar-refractivity contribution in [2.45, 2.75) is 31.5 Å². The molecule has 0 aliphatic heterocycles. The van der Waals surface area contributed by atoms with Crippen LogP contribution in [0.4, 0.5) is 0 Å². The molecule has 6 nitrogen and oxygen atoms in total. The lowest BCUT2D eigenvalue weighted by Crippen LogP contribution is -2.30. The average Bonchev–Trinajstić information content (AvgIpc) is 3.19. The van der Waals surface area contributed by atoms with E-state index in [4.69, 9.17) is 16.0 Å². The Morgan fingerprint density at radius 2 is 2.18 bits per heavy atom. The molecule has 0 unspecified atom stereocenters. The molecule has 28 heavy (non-hydrogen) atoms. The van der Waals surface area contributed by atoms with Crippen LogP contribution in [0.25, 0.3) is 10.9 Å². The fourth-order valence-electron chi connectivity index (χ4n) is 2.74. The van der Waals surface area contributed by atoms with Crippen LogP contribution in [0.3, 0.4) is 0 Å². The second kappa shape index (κ2) is 9.30. The standard InChI is InChI=1S/C20H22ClN3O3S/c1-3-4-9-23(2)18(25)13-28-20-22-17-11-14(21)7-8-16(17)19(26)24(20)12-15-6-5-10-27-15/h5-8,10-11H,3-4,9,12-13H2,1-2H3. The molecule has 0 fully saturated rings. The fourth-order valence-corrected chi connectivity index (χ4v) is 3.84. The van der Waals surface area contributed by atoms with Crippen LogP contribution in [-0.4, -0.2) is 39.7 Å². The summed E-state index contributed by atoms with van der Waals surface area (Å²) in [5.41, 5.74) is 0.329. The third-order valence-corrected chi connectivity index (χ3v) is 5.57. The number of unbranched alkanes of at least 4 members (excludes halogenated alkanes) is 1. The molecule has 3 aromatic rings. The highest BCUT2D eigenvalue weighted by molar-refractivity contribution is 7.99. The van der Waals surface area contributed by atoms with Crippen molar-refractivity contribution < 1.29 is 9.21 Å². The largest absolute Gasteiger partial charge is 0.467 e. The SMILES string of the molecule is CCCCN(C)C(=O)CSc1nc2cc(Cl)ccc2c(=O)n1Cc1ccco1. The summed E-state index contributed by atoms with van der Waals surface area (Å²) in [7, 11) is 1.79. The van der Waals surface area contributed by atoms with Gasteiger partial charge < -0.3 is 9.32 Å². The van der Waals surface area contributed by atoms with E-state index in [0.717, 1.165) is 19.4 Å². The van der Waals surface area contributed by atoms with Gasteiger partial charge >= 0.3 is 0 Å². The minimum atomic E-state index is -0.188. The van der Waals surface area contributed by atoms with E-state index in [-0.39, 0.29) is 23.8 Å². The van der Waals surface area contributed by atoms with Crippen LogP contribution in [0.1, 0.15) is 25.5 Å². The molecule has 0 bridgehead atoms. The molecule has 1 amide bonds. The first kappa shape index (κ1) is 20.5. The smallest absolute Gasteiger partial charge is 0.262 e. The number of thioether (sulfide) groups is 1. The van der Waals surface area contributed by atoms with Crippen molar-refractivity contribution >= 4 is 40.2 Å². The Morgan fingerprint density at radius 1 is 1.36 bits per heavy atom. The Balaban J connectivity index is 1.92. The van der Waals surface area contributed by atoms with Crippen molar-refractivity contribution in [2.75, 3.05) is 19.3 Å². The molecule has 0 aliphatic rings. The highest BCUT2D eigenvalue weighted by Gasteiger charge is 2.16. The maximum absolute atomic E-state index is 13.0. The average molecular weight is 420 g/mol. The van der Waals surface area contributed by atoms with Gasteiger partial charge in [-0.2, -0.15) is 0 Å². The van der Waals surface area contributed by atoms with Crippen molar-refractivity contribution in [3.8, 4) is 0 Å². The summed E-state index contributed by atoms with van der Waals surface area (Å²) < 4.78 is 6.93. The number of benzene rings is 1. The van der Waals surface area contributed by atoms with Gasteiger partial charge in [0.1, 0.15) is 5.76 Å². The van der Waals surface area contributed by atoms with Crippen molar-refractivity contribution in [1.29, 1.82) is 0 Å². The van der Waals surface area contributed by atoms with Crippen LogP contribution in [0.2, 0.25) is 5.02 Å². The number of halogens is 1. The van der Waals surface area contributed by atoms with E-state index in [2.05, 4.69) is 11.9 Å². The van der Waals surface area contributed by atoms with Crippen LogP contribution in [0.15, 0.2) is 51.0 Å². The van der Waals surface area contributed by atoms with E-state index in [1.54, 1.807) is 53.1 Å². The number of amides is 1. The number of fused-ring (bicyclic) bond motifs is 1. The van der Waals surface area contributed by atoms with Crippen LogP contribution in [0, 0.1) is 0 Å². The summed E-state index contributed by atoms with van der Waals surface area (Å²) in [6.45, 7) is 3.06. The second-order valence-corrected chi connectivity index (χ2v) is 7.86. The molecule has 0 saturated heterocycles. The second-order valence-electron chi connectivity index (χ2n) is 6.48. The number of rotatable bonds is 8. The van der Waals surface area contributed by atoms with Gasteiger partial charge in [-0.1, -0.05) is 36.7 Å². The van der Waals surface area contributed by atoms with Crippen molar-refractivity contribution in [3.63, 3.8) is 0 Å². The number of carbonyl (C=O) groups is 1. The van der Waals surface area contributed by atoms with E-state index in [9.17, 15) is 9.59 Å². The third kappa shape index (κ3) is 4.77. The van der Waals surface area contributed by atoms with E-state index in [1.165, 1.54) is 11.8 Å². The molecule has 0 spiro atoms. The van der Waals surface area contributed by atoms with Gasteiger partial charge in [-0.15, -0.1) is 0 Å². The lowest BCUT2D eigenvalue weighted by Gasteiger charge is -2.17. The predicted octanol–water partition coefficient (Wildman–Crippen LogP) is 4.04. The monoisotopic (exact) mass is 419 g/mol. The van der Waals surface area contributed by atoms with E-state index in [1.807, 2.05) is 0 Å². The zero-order valence-electron chi connectivity index (χ0n) is 15.9. The maximum atomic E-state index is 13.0. The molecule has 2 heterocycles. The lowest BCUT2D eigenvalue weighted by atomic mass is 10.2. The summed E-state index contributed by atoms with van der Waals surface area (Å²) in [5, 5.41) is 1.45. The Morgan fingerprint density at radius 3 is 2.89 bits per heavy atom. The number of carbonyl (C=O) groups excluding carboxylic acids is 1. The number of hydrogen-bond acceptors (Lipinski definition) is 5. The highest BCUT2D eigenvalue weighted by atomic mass is 35.5. The molecule has 2 aromatic heterocycles.